The zero-order valence-electron chi connectivity index (χ0n) is 15.3. The van der Waals surface area contributed by atoms with Crippen LogP contribution in [0.3, 0.4) is 0 Å². The van der Waals surface area contributed by atoms with Crippen molar-refractivity contribution in [2.45, 2.75) is 32.6 Å². The van der Waals surface area contributed by atoms with E-state index in [0.717, 1.165) is 46.6 Å². The van der Waals surface area contributed by atoms with E-state index in [9.17, 15) is 4.79 Å². The van der Waals surface area contributed by atoms with Gasteiger partial charge in [-0.3, -0.25) is 10.1 Å². The van der Waals surface area contributed by atoms with Gasteiger partial charge in [-0.1, -0.05) is 37.4 Å². The molecule has 1 fully saturated rings. The van der Waals surface area contributed by atoms with Gasteiger partial charge in [-0.2, -0.15) is 4.98 Å². The van der Waals surface area contributed by atoms with Gasteiger partial charge in [0.25, 0.3) is 0 Å². The summed E-state index contributed by atoms with van der Waals surface area (Å²) in [6.45, 7) is 2.19. The average molecular weight is 382 g/mol. The summed E-state index contributed by atoms with van der Waals surface area (Å²) in [5, 5.41) is 3.79. The van der Waals surface area contributed by atoms with Crippen molar-refractivity contribution in [3.05, 3.63) is 36.5 Å². The molecule has 0 saturated heterocycles. The summed E-state index contributed by atoms with van der Waals surface area (Å²) >= 11 is 1.73. The van der Waals surface area contributed by atoms with E-state index in [2.05, 4.69) is 44.0 Å². The second kappa shape index (κ2) is 8.00. The maximum Gasteiger partial charge on any atom is 0.232 e. The Morgan fingerprint density at radius 3 is 2.78 bits per heavy atom. The number of hydrogen-bond donors (Lipinski definition) is 3. The van der Waals surface area contributed by atoms with E-state index in [-0.39, 0.29) is 11.8 Å². The van der Waals surface area contributed by atoms with E-state index >= 15 is 0 Å². The number of aromatic nitrogens is 3. The number of H-pyrrole nitrogens is 1. The first kappa shape index (κ1) is 17.9. The van der Waals surface area contributed by atoms with Crippen LogP contribution in [0.1, 0.15) is 32.6 Å². The fourth-order valence-electron chi connectivity index (χ4n) is 2.82. The third-order valence-corrected chi connectivity index (χ3v) is 5.42. The lowest BCUT2D eigenvalue weighted by Gasteiger charge is -2.09. The van der Waals surface area contributed by atoms with Crippen molar-refractivity contribution in [2.75, 3.05) is 15.8 Å². The number of carbonyl (C=O) groups excluding carboxylic acids is 1. The molecule has 0 unspecified atom stereocenters. The molecule has 0 atom stereocenters. The topological polar surface area (TPSA) is 82.7 Å². The number of nitrogens with zero attached hydrogens (tertiary/aromatic N) is 2. The van der Waals surface area contributed by atoms with Gasteiger partial charge < -0.3 is 9.71 Å². The minimum atomic E-state index is 0.00973. The van der Waals surface area contributed by atoms with Crippen LogP contribution >= 0.6 is 11.9 Å². The molecule has 3 N–H and O–H groups in total. The van der Waals surface area contributed by atoms with Crippen LogP contribution < -0.4 is 10.0 Å². The molecule has 1 aliphatic carbocycles. The SMILES string of the molecule is CCCCSNc1ccc(-c2nc(NC(=O)C3CC3)nc3[nH]ccc23)cc1. The number of amides is 1. The van der Waals surface area contributed by atoms with Gasteiger partial charge in [-0.25, -0.2) is 4.98 Å². The quantitative estimate of drug-likeness (QED) is 0.384. The highest BCUT2D eigenvalue weighted by Crippen LogP contribution is 2.31. The number of aromatic amines is 1. The highest BCUT2D eigenvalue weighted by atomic mass is 32.2. The zero-order valence-corrected chi connectivity index (χ0v) is 16.1. The van der Waals surface area contributed by atoms with Gasteiger partial charge >= 0.3 is 0 Å². The lowest BCUT2D eigenvalue weighted by molar-refractivity contribution is -0.117. The summed E-state index contributed by atoms with van der Waals surface area (Å²) in [6.07, 6.45) is 6.16. The second-order valence-electron chi connectivity index (χ2n) is 6.78. The van der Waals surface area contributed by atoms with Crippen LogP contribution in [-0.4, -0.2) is 26.6 Å². The lowest BCUT2D eigenvalue weighted by Crippen LogP contribution is -2.15. The van der Waals surface area contributed by atoms with Gasteiger partial charge in [0.2, 0.25) is 11.9 Å². The van der Waals surface area contributed by atoms with Gasteiger partial charge in [0.05, 0.1) is 5.69 Å². The summed E-state index contributed by atoms with van der Waals surface area (Å²) in [6, 6.07) is 10.2. The van der Waals surface area contributed by atoms with E-state index in [1.807, 2.05) is 24.4 Å². The summed E-state index contributed by atoms with van der Waals surface area (Å²) in [5.41, 5.74) is 3.61. The Morgan fingerprint density at radius 2 is 2.04 bits per heavy atom. The van der Waals surface area contributed by atoms with E-state index in [1.165, 1.54) is 12.8 Å². The first-order valence-electron chi connectivity index (χ1n) is 9.39. The molecule has 0 aliphatic heterocycles. The molecule has 1 amide bonds. The van der Waals surface area contributed by atoms with Crippen molar-refractivity contribution in [1.29, 1.82) is 0 Å². The maximum atomic E-state index is 12.1. The largest absolute Gasteiger partial charge is 0.346 e. The van der Waals surface area contributed by atoms with Crippen molar-refractivity contribution >= 4 is 40.5 Å². The Morgan fingerprint density at radius 1 is 1.22 bits per heavy atom. The number of benzene rings is 1. The Hall–Kier alpha value is -2.54. The van der Waals surface area contributed by atoms with E-state index in [4.69, 9.17) is 0 Å². The molecule has 1 saturated carbocycles. The van der Waals surface area contributed by atoms with Crippen molar-refractivity contribution < 1.29 is 4.79 Å². The number of hydrogen-bond acceptors (Lipinski definition) is 5. The number of carbonyl (C=O) groups is 1. The molecule has 7 heteroatoms. The molecule has 6 nitrogen and oxygen atoms in total. The third-order valence-electron chi connectivity index (χ3n) is 4.55. The first-order valence-corrected chi connectivity index (χ1v) is 10.4. The summed E-state index contributed by atoms with van der Waals surface area (Å²) in [7, 11) is 0. The maximum absolute atomic E-state index is 12.1. The number of nitrogens with one attached hydrogen (secondary N) is 3. The normalized spacial score (nSPS) is 13.7. The standard InChI is InChI=1S/C20H23N5OS/c1-2-3-12-27-25-15-8-6-13(7-9-15)17-16-10-11-21-18(16)23-20(22-17)24-19(26)14-4-5-14/h6-11,14,25H,2-5,12H2,1H3,(H2,21,22,23,24,26). The number of anilines is 2. The summed E-state index contributed by atoms with van der Waals surface area (Å²) < 4.78 is 3.37. The van der Waals surface area contributed by atoms with Crippen LogP contribution in [0.5, 0.6) is 0 Å². The molecule has 1 aliphatic rings. The fourth-order valence-corrected chi connectivity index (χ4v) is 3.66. The van der Waals surface area contributed by atoms with Crippen molar-refractivity contribution in [3.63, 3.8) is 0 Å². The highest BCUT2D eigenvalue weighted by Gasteiger charge is 2.30. The Kier molecular flexibility index (Phi) is 5.29. The summed E-state index contributed by atoms with van der Waals surface area (Å²) in [4.78, 5) is 24.3. The van der Waals surface area contributed by atoms with E-state index < -0.39 is 0 Å². The molecule has 0 bridgehead atoms. The van der Waals surface area contributed by atoms with Crippen LogP contribution in [0, 0.1) is 5.92 Å². The number of rotatable bonds is 8. The minimum Gasteiger partial charge on any atom is -0.346 e. The van der Waals surface area contributed by atoms with Gasteiger partial charge in [-0.05, 0) is 37.5 Å². The van der Waals surface area contributed by atoms with Crippen LogP contribution in [0.25, 0.3) is 22.3 Å². The van der Waals surface area contributed by atoms with Crippen LogP contribution in [0.4, 0.5) is 11.6 Å². The van der Waals surface area contributed by atoms with Crippen molar-refractivity contribution in [3.8, 4) is 11.3 Å². The predicted octanol–water partition coefficient (Wildman–Crippen LogP) is 4.83. The molecular weight excluding hydrogens is 358 g/mol. The molecule has 0 spiro atoms. The molecule has 3 aromatic rings. The number of fused-ring (bicyclic) bond motifs is 1. The minimum absolute atomic E-state index is 0.00973. The van der Waals surface area contributed by atoms with E-state index in [0.29, 0.717) is 5.95 Å². The predicted molar refractivity (Wildman–Crippen MR) is 112 cm³/mol. The highest BCUT2D eigenvalue weighted by molar-refractivity contribution is 8.00. The number of unbranched alkanes of at least 4 members (excludes halogenated alkanes) is 1. The Balaban J connectivity index is 1.56. The van der Waals surface area contributed by atoms with Crippen LogP contribution in [0.15, 0.2) is 36.5 Å². The monoisotopic (exact) mass is 381 g/mol. The van der Waals surface area contributed by atoms with Crippen molar-refractivity contribution in [2.24, 2.45) is 5.92 Å². The van der Waals surface area contributed by atoms with Crippen LogP contribution in [0.2, 0.25) is 0 Å². The second-order valence-corrected chi connectivity index (χ2v) is 7.68. The molecule has 1 aromatic carbocycles. The molecule has 140 valence electrons. The van der Waals surface area contributed by atoms with Crippen LogP contribution in [-0.2, 0) is 4.79 Å². The molecule has 2 aromatic heterocycles. The van der Waals surface area contributed by atoms with Gasteiger partial charge in [0.1, 0.15) is 5.65 Å². The molecule has 27 heavy (non-hydrogen) atoms. The van der Waals surface area contributed by atoms with Gasteiger partial charge in [-0.15, -0.1) is 0 Å². The Bertz CT molecular complexity index is 933. The Labute approximate surface area is 162 Å². The first-order chi connectivity index (χ1) is 13.2. The summed E-state index contributed by atoms with van der Waals surface area (Å²) in [5.74, 6) is 1.58. The van der Waals surface area contributed by atoms with Gasteiger partial charge in [0.15, 0.2) is 0 Å². The van der Waals surface area contributed by atoms with Gasteiger partial charge in [0, 0.05) is 34.5 Å². The van der Waals surface area contributed by atoms with Crippen molar-refractivity contribution in [1.82, 2.24) is 15.0 Å². The zero-order chi connectivity index (χ0) is 18.6. The molecular formula is C20H23N5OS. The molecule has 0 radical (unpaired) electrons. The van der Waals surface area contributed by atoms with E-state index in [1.54, 1.807) is 11.9 Å². The fraction of sp³-hybridized carbons (Fsp3) is 0.350. The smallest absolute Gasteiger partial charge is 0.232 e. The average Bonchev–Trinajstić information content (AvgIpc) is 3.43. The third kappa shape index (κ3) is 4.24. The molecule has 2 heterocycles. The lowest BCUT2D eigenvalue weighted by atomic mass is 10.1. The molecule has 4 rings (SSSR count).